The standard InChI is InChI=1S/C13H10BrCl2N3O/c1-6-2-7(3-11(17)18-6)13(20)19-12-9(15)4-8(14)5-10(12)16/h2-5H,1H3,(H2,17,18)(H,19,20). The number of nitrogens with zero attached hydrogens (tertiary/aromatic N) is 1. The number of carbonyl (C=O) groups is 1. The van der Waals surface area contributed by atoms with Crippen molar-refractivity contribution in [3.05, 3.63) is 50.0 Å². The number of aryl methyl sites for hydroxylation is 1. The Balaban J connectivity index is 2.32. The second-order valence-corrected chi connectivity index (χ2v) is 5.85. The Kier molecular flexibility index (Phi) is 4.52. The van der Waals surface area contributed by atoms with Crippen LogP contribution in [0.3, 0.4) is 0 Å². The number of carbonyl (C=O) groups excluding carboxylic acids is 1. The second kappa shape index (κ2) is 5.99. The molecule has 0 radical (unpaired) electrons. The summed E-state index contributed by atoms with van der Waals surface area (Å²) in [7, 11) is 0. The third kappa shape index (κ3) is 3.42. The van der Waals surface area contributed by atoms with Gasteiger partial charge in [0.25, 0.3) is 5.91 Å². The summed E-state index contributed by atoms with van der Waals surface area (Å²) < 4.78 is 0.731. The number of amides is 1. The monoisotopic (exact) mass is 373 g/mol. The van der Waals surface area contributed by atoms with E-state index < -0.39 is 0 Å². The smallest absolute Gasteiger partial charge is 0.255 e. The lowest BCUT2D eigenvalue weighted by Crippen LogP contribution is -2.13. The van der Waals surface area contributed by atoms with Gasteiger partial charge in [0.15, 0.2) is 0 Å². The number of hydrogen-bond donors (Lipinski definition) is 2. The molecule has 2 rings (SSSR count). The molecule has 20 heavy (non-hydrogen) atoms. The lowest BCUT2D eigenvalue weighted by Gasteiger charge is -2.10. The molecule has 2 aromatic rings. The molecule has 1 heterocycles. The highest BCUT2D eigenvalue weighted by Gasteiger charge is 2.13. The Bertz CT molecular complexity index is 648. The normalized spacial score (nSPS) is 10.4. The van der Waals surface area contributed by atoms with E-state index in [4.69, 9.17) is 28.9 Å². The summed E-state index contributed by atoms with van der Waals surface area (Å²) in [4.78, 5) is 16.2. The maximum Gasteiger partial charge on any atom is 0.255 e. The first kappa shape index (κ1) is 15.1. The van der Waals surface area contributed by atoms with Crippen LogP contribution in [0.1, 0.15) is 16.1 Å². The zero-order chi connectivity index (χ0) is 14.9. The van der Waals surface area contributed by atoms with Gasteiger partial charge < -0.3 is 11.1 Å². The first-order valence-corrected chi connectivity index (χ1v) is 7.12. The maximum atomic E-state index is 12.2. The number of hydrogen-bond acceptors (Lipinski definition) is 3. The molecular weight excluding hydrogens is 365 g/mol. The molecule has 0 saturated carbocycles. The van der Waals surface area contributed by atoms with Crippen LogP contribution in [-0.2, 0) is 0 Å². The van der Waals surface area contributed by atoms with E-state index in [0.717, 1.165) is 4.47 Å². The summed E-state index contributed by atoms with van der Waals surface area (Å²) in [6.45, 7) is 1.76. The molecule has 0 fully saturated rings. The van der Waals surface area contributed by atoms with Gasteiger partial charge in [-0.25, -0.2) is 4.98 Å². The van der Waals surface area contributed by atoms with E-state index >= 15 is 0 Å². The number of pyridine rings is 1. The average molecular weight is 375 g/mol. The number of rotatable bonds is 2. The SMILES string of the molecule is Cc1cc(C(=O)Nc2c(Cl)cc(Br)cc2Cl)cc(N)n1. The van der Waals surface area contributed by atoms with Crippen LogP contribution in [-0.4, -0.2) is 10.9 Å². The molecule has 0 unspecified atom stereocenters. The van der Waals surface area contributed by atoms with E-state index in [1.807, 2.05) is 0 Å². The fourth-order valence-corrected chi connectivity index (χ4v) is 2.98. The molecule has 104 valence electrons. The molecular formula is C13H10BrCl2N3O. The highest BCUT2D eigenvalue weighted by atomic mass is 79.9. The number of halogens is 3. The summed E-state index contributed by atoms with van der Waals surface area (Å²) in [5.41, 5.74) is 7.03. The van der Waals surface area contributed by atoms with E-state index in [9.17, 15) is 4.79 Å². The van der Waals surface area contributed by atoms with E-state index in [2.05, 4.69) is 26.2 Å². The largest absolute Gasteiger partial charge is 0.384 e. The van der Waals surface area contributed by atoms with Crippen molar-refractivity contribution in [2.75, 3.05) is 11.1 Å². The predicted octanol–water partition coefficient (Wildman–Crippen LogP) is 4.29. The highest BCUT2D eigenvalue weighted by Crippen LogP contribution is 2.34. The van der Waals surface area contributed by atoms with Crippen molar-refractivity contribution in [3.63, 3.8) is 0 Å². The van der Waals surface area contributed by atoms with Crippen LogP contribution in [0.5, 0.6) is 0 Å². The van der Waals surface area contributed by atoms with Crippen LogP contribution in [0.4, 0.5) is 11.5 Å². The van der Waals surface area contributed by atoms with Crippen LogP contribution in [0.15, 0.2) is 28.7 Å². The third-order valence-corrected chi connectivity index (χ3v) is 3.53. The van der Waals surface area contributed by atoms with Gasteiger partial charge in [-0.3, -0.25) is 4.79 Å². The van der Waals surface area contributed by atoms with Crippen LogP contribution in [0.2, 0.25) is 10.0 Å². The molecule has 4 nitrogen and oxygen atoms in total. The first-order valence-electron chi connectivity index (χ1n) is 5.57. The molecule has 0 aliphatic rings. The molecule has 1 aromatic heterocycles. The van der Waals surface area contributed by atoms with Gasteiger partial charge in [-0.2, -0.15) is 0 Å². The molecule has 0 bridgehead atoms. The number of benzene rings is 1. The van der Waals surface area contributed by atoms with Crippen molar-refractivity contribution in [2.45, 2.75) is 6.92 Å². The number of aromatic nitrogens is 1. The Labute approximate surface area is 134 Å². The highest BCUT2D eigenvalue weighted by molar-refractivity contribution is 9.10. The van der Waals surface area contributed by atoms with Crippen molar-refractivity contribution in [1.29, 1.82) is 0 Å². The third-order valence-electron chi connectivity index (χ3n) is 2.48. The Morgan fingerprint density at radius 2 is 1.85 bits per heavy atom. The van der Waals surface area contributed by atoms with Gasteiger partial charge in [-0.15, -0.1) is 0 Å². The van der Waals surface area contributed by atoms with E-state index in [1.165, 1.54) is 6.07 Å². The Morgan fingerprint density at radius 1 is 1.25 bits per heavy atom. The fraction of sp³-hybridized carbons (Fsp3) is 0.0769. The molecule has 7 heteroatoms. The van der Waals surface area contributed by atoms with E-state index in [0.29, 0.717) is 27.0 Å². The van der Waals surface area contributed by atoms with Crippen LogP contribution in [0, 0.1) is 6.92 Å². The quantitative estimate of drug-likeness (QED) is 0.823. The number of nitrogens with one attached hydrogen (secondary N) is 1. The summed E-state index contributed by atoms with van der Waals surface area (Å²) in [5, 5.41) is 3.36. The van der Waals surface area contributed by atoms with Gasteiger partial charge in [-0.1, -0.05) is 39.1 Å². The molecule has 0 atom stereocenters. The summed E-state index contributed by atoms with van der Waals surface area (Å²) in [6, 6.07) is 6.42. The van der Waals surface area contributed by atoms with Crippen molar-refractivity contribution in [3.8, 4) is 0 Å². The zero-order valence-corrected chi connectivity index (χ0v) is 13.5. The molecule has 1 aromatic carbocycles. The topological polar surface area (TPSA) is 68.0 Å². The molecule has 0 spiro atoms. The predicted molar refractivity (Wildman–Crippen MR) is 85.5 cm³/mol. The minimum absolute atomic E-state index is 0.281. The van der Waals surface area contributed by atoms with Gasteiger partial charge in [0.2, 0.25) is 0 Å². The molecule has 0 aliphatic carbocycles. The summed E-state index contributed by atoms with van der Waals surface area (Å²) in [5.74, 6) is -0.0727. The minimum Gasteiger partial charge on any atom is -0.384 e. The van der Waals surface area contributed by atoms with Crippen molar-refractivity contribution >= 4 is 56.5 Å². The van der Waals surface area contributed by atoms with E-state index in [-0.39, 0.29) is 11.7 Å². The Morgan fingerprint density at radius 3 is 2.40 bits per heavy atom. The van der Waals surface area contributed by atoms with Gasteiger partial charge in [0.1, 0.15) is 5.82 Å². The number of anilines is 2. The summed E-state index contributed by atoms with van der Waals surface area (Å²) in [6.07, 6.45) is 0. The first-order chi connectivity index (χ1) is 9.36. The summed E-state index contributed by atoms with van der Waals surface area (Å²) >= 11 is 15.4. The fourth-order valence-electron chi connectivity index (χ4n) is 1.67. The van der Waals surface area contributed by atoms with Gasteiger partial charge in [-0.05, 0) is 31.2 Å². The van der Waals surface area contributed by atoms with Gasteiger partial charge >= 0.3 is 0 Å². The van der Waals surface area contributed by atoms with Gasteiger partial charge in [0.05, 0.1) is 15.7 Å². The van der Waals surface area contributed by atoms with Crippen LogP contribution >= 0.6 is 39.1 Å². The average Bonchev–Trinajstić information content (AvgIpc) is 2.32. The molecule has 3 N–H and O–H groups in total. The van der Waals surface area contributed by atoms with Crippen molar-refractivity contribution in [1.82, 2.24) is 4.98 Å². The van der Waals surface area contributed by atoms with Crippen LogP contribution in [0.25, 0.3) is 0 Å². The zero-order valence-electron chi connectivity index (χ0n) is 10.4. The maximum absolute atomic E-state index is 12.2. The van der Waals surface area contributed by atoms with Crippen LogP contribution < -0.4 is 11.1 Å². The second-order valence-electron chi connectivity index (χ2n) is 4.12. The minimum atomic E-state index is -0.353. The van der Waals surface area contributed by atoms with Gasteiger partial charge in [0, 0.05) is 15.7 Å². The molecule has 1 amide bonds. The number of nitrogens with two attached hydrogens (primary N) is 1. The van der Waals surface area contributed by atoms with Crippen molar-refractivity contribution in [2.24, 2.45) is 0 Å². The van der Waals surface area contributed by atoms with E-state index in [1.54, 1.807) is 25.1 Å². The van der Waals surface area contributed by atoms with Crippen molar-refractivity contribution < 1.29 is 4.79 Å². The molecule has 0 aliphatic heterocycles. The lowest BCUT2D eigenvalue weighted by atomic mass is 10.2. The Hall–Kier alpha value is -1.30. The number of nitrogen functional groups attached to an aromatic ring is 1. The lowest BCUT2D eigenvalue weighted by molar-refractivity contribution is 0.102. The molecule has 0 saturated heterocycles.